The van der Waals surface area contributed by atoms with Crippen LogP contribution >= 0.6 is 45.5 Å². The molecule has 1 aliphatic heterocycles. The summed E-state index contributed by atoms with van der Waals surface area (Å²) in [5.41, 5.74) is 1.73. The van der Waals surface area contributed by atoms with Crippen LogP contribution in [0.2, 0.25) is 0 Å². The molecule has 1 aromatic carbocycles. The molecule has 0 atom stereocenters. The maximum atomic E-state index is 12.6. The van der Waals surface area contributed by atoms with Crippen molar-refractivity contribution in [2.75, 3.05) is 4.90 Å². The minimum absolute atomic E-state index is 0.0135. The number of hydrogen-bond acceptors (Lipinski definition) is 3. The van der Waals surface area contributed by atoms with Gasteiger partial charge in [-0.25, -0.2) is 4.90 Å². The summed E-state index contributed by atoms with van der Waals surface area (Å²) in [6.45, 7) is 1.87. The van der Waals surface area contributed by atoms with Crippen LogP contribution in [-0.4, -0.2) is 11.8 Å². The van der Waals surface area contributed by atoms with Gasteiger partial charge in [-0.15, -0.1) is 11.3 Å². The van der Waals surface area contributed by atoms with E-state index in [2.05, 4.69) is 22.6 Å². The number of hydrogen-bond donors (Lipinski definition) is 0. The molecule has 0 saturated carbocycles. The number of nitrogens with zero attached hydrogens (tertiary/aromatic N) is 1. The van der Waals surface area contributed by atoms with E-state index >= 15 is 0 Å². The molecule has 0 radical (unpaired) electrons. The summed E-state index contributed by atoms with van der Waals surface area (Å²) in [6.07, 6.45) is 0. The maximum absolute atomic E-state index is 12.6. The molecule has 0 bridgehead atoms. The number of thiophene rings is 1. The zero-order valence-electron chi connectivity index (χ0n) is 10.9. The molecule has 2 heterocycles. The van der Waals surface area contributed by atoms with Crippen LogP contribution in [0.4, 0.5) is 5.69 Å². The standard InChI is InChI=1S/C15H9ClINO2S/c1-8-7-9(17)4-5-10(8)18-14(19)12(13(16)15(18)20)11-3-2-6-21-11/h2-7H,1H3. The number of imide groups is 1. The number of aryl methyl sites for hydroxylation is 1. The first-order valence-corrected chi connectivity index (χ1v) is 8.43. The molecule has 0 saturated heterocycles. The third kappa shape index (κ3) is 2.43. The van der Waals surface area contributed by atoms with Crippen molar-refractivity contribution in [2.45, 2.75) is 6.92 Å². The molecule has 0 aliphatic carbocycles. The molecule has 2 aromatic rings. The SMILES string of the molecule is Cc1cc(I)ccc1N1C(=O)C(Cl)=C(c2cccs2)C1=O. The minimum atomic E-state index is -0.464. The molecule has 0 unspecified atom stereocenters. The molecule has 3 rings (SSSR count). The van der Waals surface area contributed by atoms with Gasteiger partial charge in [-0.2, -0.15) is 0 Å². The Morgan fingerprint density at radius 1 is 1.19 bits per heavy atom. The lowest BCUT2D eigenvalue weighted by atomic mass is 10.1. The van der Waals surface area contributed by atoms with E-state index in [4.69, 9.17) is 11.6 Å². The van der Waals surface area contributed by atoms with Gasteiger partial charge in [0.25, 0.3) is 11.8 Å². The Labute approximate surface area is 144 Å². The van der Waals surface area contributed by atoms with E-state index in [9.17, 15) is 9.59 Å². The Morgan fingerprint density at radius 2 is 1.95 bits per heavy atom. The van der Waals surface area contributed by atoms with Gasteiger partial charge in [-0.05, 0) is 64.7 Å². The summed E-state index contributed by atoms with van der Waals surface area (Å²) >= 11 is 9.70. The monoisotopic (exact) mass is 429 g/mol. The van der Waals surface area contributed by atoms with Crippen LogP contribution in [0.5, 0.6) is 0 Å². The van der Waals surface area contributed by atoms with Crippen LogP contribution in [0, 0.1) is 10.5 Å². The Bertz CT molecular complexity index is 783. The lowest BCUT2D eigenvalue weighted by molar-refractivity contribution is -0.119. The van der Waals surface area contributed by atoms with E-state index in [0.29, 0.717) is 10.6 Å². The second-order valence-electron chi connectivity index (χ2n) is 4.54. The summed E-state index contributed by atoms with van der Waals surface area (Å²) in [5.74, 6) is -0.828. The Kier molecular flexibility index (Phi) is 3.90. The number of carbonyl (C=O) groups excluding carboxylic acids is 2. The number of rotatable bonds is 2. The number of amides is 2. The number of halogens is 2. The van der Waals surface area contributed by atoms with Crippen molar-refractivity contribution in [1.82, 2.24) is 0 Å². The van der Waals surface area contributed by atoms with Crippen LogP contribution in [0.3, 0.4) is 0 Å². The van der Waals surface area contributed by atoms with Crippen molar-refractivity contribution >= 4 is 68.6 Å². The molecule has 0 N–H and O–H groups in total. The van der Waals surface area contributed by atoms with Crippen LogP contribution in [0.25, 0.3) is 5.57 Å². The van der Waals surface area contributed by atoms with Crippen LogP contribution in [0.1, 0.15) is 10.4 Å². The molecule has 106 valence electrons. The highest BCUT2D eigenvalue weighted by atomic mass is 127. The second kappa shape index (κ2) is 5.55. The van der Waals surface area contributed by atoms with Crippen molar-refractivity contribution in [1.29, 1.82) is 0 Å². The Balaban J connectivity index is 2.08. The quantitative estimate of drug-likeness (QED) is 0.530. The molecule has 2 amide bonds. The van der Waals surface area contributed by atoms with E-state index in [1.54, 1.807) is 12.1 Å². The molecule has 21 heavy (non-hydrogen) atoms. The molecule has 6 heteroatoms. The second-order valence-corrected chi connectivity index (χ2v) is 7.11. The Morgan fingerprint density at radius 3 is 2.57 bits per heavy atom. The largest absolute Gasteiger partial charge is 0.277 e. The molecular formula is C15H9ClINO2S. The highest BCUT2D eigenvalue weighted by molar-refractivity contribution is 14.1. The number of benzene rings is 1. The Hall–Kier alpha value is -1.18. The molecule has 3 nitrogen and oxygen atoms in total. The average Bonchev–Trinajstić information content (AvgIpc) is 3.01. The smallest absolute Gasteiger partial charge is 0.268 e. The van der Waals surface area contributed by atoms with Gasteiger partial charge in [0, 0.05) is 8.45 Å². The van der Waals surface area contributed by atoms with E-state index in [0.717, 1.165) is 14.0 Å². The maximum Gasteiger partial charge on any atom is 0.277 e. The highest BCUT2D eigenvalue weighted by Crippen LogP contribution is 2.37. The summed E-state index contributed by atoms with van der Waals surface area (Å²) in [6, 6.07) is 9.17. The van der Waals surface area contributed by atoms with Crippen molar-refractivity contribution in [2.24, 2.45) is 0 Å². The number of carbonyl (C=O) groups is 2. The fourth-order valence-electron chi connectivity index (χ4n) is 2.23. The zero-order chi connectivity index (χ0) is 15.1. The first-order chi connectivity index (χ1) is 10.0. The van der Waals surface area contributed by atoms with Gasteiger partial charge in [0.05, 0.1) is 11.3 Å². The van der Waals surface area contributed by atoms with E-state index in [-0.39, 0.29) is 16.5 Å². The van der Waals surface area contributed by atoms with Gasteiger partial charge < -0.3 is 0 Å². The third-order valence-corrected chi connectivity index (χ3v) is 5.10. The lowest BCUT2D eigenvalue weighted by Crippen LogP contribution is -2.31. The van der Waals surface area contributed by atoms with Gasteiger partial charge in [0.15, 0.2) is 0 Å². The predicted molar refractivity (Wildman–Crippen MR) is 93.5 cm³/mol. The van der Waals surface area contributed by atoms with Gasteiger partial charge in [-0.3, -0.25) is 9.59 Å². The summed E-state index contributed by atoms with van der Waals surface area (Å²) in [7, 11) is 0. The van der Waals surface area contributed by atoms with Gasteiger partial charge in [-0.1, -0.05) is 17.7 Å². The van der Waals surface area contributed by atoms with E-state index in [1.165, 1.54) is 11.3 Å². The number of anilines is 1. The molecular weight excluding hydrogens is 421 g/mol. The van der Waals surface area contributed by atoms with Gasteiger partial charge in [0.2, 0.25) is 0 Å². The molecule has 0 spiro atoms. The molecule has 0 fully saturated rings. The highest BCUT2D eigenvalue weighted by Gasteiger charge is 2.40. The van der Waals surface area contributed by atoms with Crippen molar-refractivity contribution in [3.05, 3.63) is 54.8 Å². The van der Waals surface area contributed by atoms with Gasteiger partial charge in [0.1, 0.15) is 5.03 Å². The fraction of sp³-hybridized carbons (Fsp3) is 0.0667. The van der Waals surface area contributed by atoms with Crippen molar-refractivity contribution < 1.29 is 9.59 Å². The van der Waals surface area contributed by atoms with Gasteiger partial charge >= 0.3 is 0 Å². The van der Waals surface area contributed by atoms with Crippen molar-refractivity contribution in [3.63, 3.8) is 0 Å². The van der Waals surface area contributed by atoms with Crippen molar-refractivity contribution in [3.8, 4) is 0 Å². The lowest BCUT2D eigenvalue weighted by Gasteiger charge is -2.17. The average molecular weight is 430 g/mol. The topological polar surface area (TPSA) is 37.4 Å². The summed E-state index contributed by atoms with van der Waals surface area (Å²) < 4.78 is 1.05. The van der Waals surface area contributed by atoms with Crippen LogP contribution < -0.4 is 4.90 Å². The third-order valence-electron chi connectivity index (χ3n) is 3.19. The first-order valence-electron chi connectivity index (χ1n) is 6.09. The zero-order valence-corrected chi connectivity index (χ0v) is 14.6. The predicted octanol–water partition coefficient (Wildman–Crippen LogP) is 4.18. The van der Waals surface area contributed by atoms with E-state index in [1.807, 2.05) is 30.5 Å². The van der Waals surface area contributed by atoms with E-state index < -0.39 is 5.91 Å². The summed E-state index contributed by atoms with van der Waals surface area (Å²) in [5, 5.41) is 1.84. The summed E-state index contributed by atoms with van der Waals surface area (Å²) in [4.78, 5) is 26.9. The normalized spacial score (nSPS) is 15.3. The fourth-order valence-corrected chi connectivity index (χ4v) is 3.96. The minimum Gasteiger partial charge on any atom is -0.268 e. The van der Waals surface area contributed by atoms with Crippen LogP contribution in [-0.2, 0) is 9.59 Å². The molecule has 1 aromatic heterocycles. The van der Waals surface area contributed by atoms with Crippen LogP contribution in [0.15, 0.2) is 40.7 Å². The first kappa shape index (κ1) is 14.7. The molecule has 1 aliphatic rings.